The highest BCUT2D eigenvalue weighted by molar-refractivity contribution is 6.02. The van der Waals surface area contributed by atoms with E-state index >= 15 is 0 Å². The molecule has 0 bridgehead atoms. The summed E-state index contributed by atoms with van der Waals surface area (Å²) < 4.78 is 13.3. The van der Waals surface area contributed by atoms with Gasteiger partial charge in [0.05, 0.1) is 0 Å². The van der Waals surface area contributed by atoms with Crippen LogP contribution in [0, 0.1) is 5.82 Å². The number of nitrogens with one attached hydrogen (secondary N) is 1. The summed E-state index contributed by atoms with van der Waals surface area (Å²) in [7, 11) is 0. The Balaban J connectivity index is 1.81. The molecule has 1 aromatic heterocycles. The second-order valence-corrected chi connectivity index (χ2v) is 6.41. The lowest BCUT2D eigenvalue weighted by molar-refractivity contribution is 0.102. The molecule has 1 heterocycles. The fraction of sp³-hybridized carbons (Fsp3) is 0.190. The number of anilines is 2. The number of hydrogen-bond acceptors (Lipinski definition) is 4. The summed E-state index contributed by atoms with van der Waals surface area (Å²) in [6.45, 7) is 4.73. The van der Waals surface area contributed by atoms with E-state index in [-0.39, 0.29) is 11.7 Å². The van der Waals surface area contributed by atoms with Gasteiger partial charge in [0, 0.05) is 24.5 Å². The monoisotopic (exact) mass is 364 g/mol. The molecule has 0 saturated carbocycles. The number of nitrogens with zero attached hydrogens (tertiary/aromatic N) is 3. The molecular formula is C21H21FN4O. The average Bonchev–Trinajstić information content (AvgIpc) is 2.67. The molecule has 1 N–H and O–H groups in total. The smallest absolute Gasteiger partial charge is 0.274 e. The Morgan fingerprint density at radius 2 is 1.89 bits per heavy atom. The van der Waals surface area contributed by atoms with E-state index in [1.807, 2.05) is 49.1 Å². The fourth-order valence-corrected chi connectivity index (χ4v) is 2.64. The van der Waals surface area contributed by atoms with Gasteiger partial charge in [0.15, 0.2) is 0 Å². The predicted octanol–water partition coefficient (Wildman–Crippen LogP) is 4.28. The molecular weight excluding hydrogens is 343 g/mol. The van der Waals surface area contributed by atoms with E-state index in [4.69, 9.17) is 0 Å². The summed E-state index contributed by atoms with van der Waals surface area (Å²) in [5.41, 5.74) is 1.73. The first-order valence-corrected chi connectivity index (χ1v) is 8.73. The molecule has 0 spiro atoms. The van der Waals surface area contributed by atoms with Crippen molar-refractivity contribution in [2.45, 2.75) is 26.4 Å². The third-order valence-corrected chi connectivity index (χ3v) is 4.03. The zero-order chi connectivity index (χ0) is 19.2. The minimum Gasteiger partial charge on any atom is -0.334 e. The molecule has 0 aliphatic carbocycles. The minimum atomic E-state index is -0.412. The van der Waals surface area contributed by atoms with Crippen LogP contribution in [0.1, 0.15) is 29.9 Å². The summed E-state index contributed by atoms with van der Waals surface area (Å²) in [6, 6.07) is 17.4. The number of aromatic nitrogens is 2. The molecule has 6 heteroatoms. The van der Waals surface area contributed by atoms with Crippen LogP contribution in [0.15, 0.2) is 66.9 Å². The third kappa shape index (κ3) is 4.88. The van der Waals surface area contributed by atoms with Crippen molar-refractivity contribution in [1.29, 1.82) is 0 Å². The summed E-state index contributed by atoms with van der Waals surface area (Å²) in [6.07, 6.45) is 1.56. The number of amides is 1. The quantitative estimate of drug-likeness (QED) is 0.709. The molecule has 3 aromatic rings. The maximum absolute atomic E-state index is 13.3. The second kappa shape index (κ2) is 8.40. The fourth-order valence-electron chi connectivity index (χ4n) is 2.64. The van der Waals surface area contributed by atoms with E-state index in [0.717, 1.165) is 5.56 Å². The molecule has 27 heavy (non-hydrogen) atoms. The summed E-state index contributed by atoms with van der Waals surface area (Å²) in [5.74, 6) is -0.349. The minimum absolute atomic E-state index is 0.145. The van der Waals surface area contributed by atoms with Gasteiger partial charge in [-0.3, -0.25) is 4.79 Å². The highest BCUT2D eigenvalue weighted by atomic mass is 19.1. The SMILES string of the molecule is CC(C)N(Cc1ccccc1)c1nccc(C(=O)Nc2cccc(F)c2)n1. The zero-order valence-corrected chi connectivity index (χ0v) is 15.3. The Kier molecular flexibility index (Phi) is 5.76. The van der Waals surface area contributed by atoms with Crippen molar-refractivity contribution in [2.75, 3.05) is 10.2 Å². The van der Waals surface area contributed by atoms with Crippen LogP contribution >= 0.6 is 0 Å². The zero-order valence-electron chi connectivity index (χ0n) is 15.3. The van der Waals surface area contributed by atoms with Crippen molar-refractivity contribution in [3.8, 4) is 0 Å². The summed E-state index contributed by atoms with van der Waals surface area (Å²) in [4.78, 5) is 23.3. The van der Waals surface area contributed by atoms with Gasteiger partial charge in [-0.05, 0) is 43.7 Å². The van der Waals surface area contributed by atoms with E-state index in [1.165, 1.54) is 18.2 Å². The lowest BCUT2D eigenvalue weighted by atomic mass is 10.2. The highest BCUT2D eigenvalue weighted by Gasteiger charge is 2.17. The number of benzene rings is 2. The summed E-state index contributed by atoms with van der Waals surface area (Å²) in [5, 5.41) is 2.66. The number of carbonyl (C=O) groups is 1. The molecule has 0 unspecified atom stereocenters. The van der Waals surface area contributed by atoms with Gasteiger partial charge in [0.1, 0.15) is 11.5 Å². The molecule has 3 rings (SSSR count). The second-order valence-electron chi connectivity index (χ2n) is 6.41. The van der Waals surface area contributed by atoms with Crippen molar-refractivity contribution in [3.63, 3.8) is 0 Å². The number of rotatable bonds is 6. The number of halogens is 1. The molecule has 5 nitrogen and oxygen atoms in total. The molecule has 0 aliphatic heterocycles. The van der Waals surface area contributed by atoms with Gasteiger partial charge < -0.3 is 10.2 Å². The normalized spacial score (nSPS) is 10.7. The van der Waals surface area contributed by atoms with Crippen LogP contribution in [-0.4, -0.2) is 21.9 Å². The Hall–Kier alpha value is -3.28. The molecule has 0 aliphatic rings. The van der Waals surface area contributed by atoms with Crippen LogP contribution < -0.4 is 10.2 Å². The summed E-state index contributed by atoms with van der Waals surface area (Å²) >= 11 is 0. The third-order valence-electron chi connectivity index (χ3n) is 4.03. The maximum Gasteiger partial charge on any atom is 0.274 e. The van der Waals surface area contributed by atoms with Crippen LogP contribution in [0.2, 0.25) is 0 Å². The molecule has 0 saturated heterocycles. The Labute approximate surface area is 157 Å². The van der Waals surface area contributed by atoms with Crippen LogP contribution in [-0.2, 0) is 6.54 Å². The standard InChI is InChI=1S/C21H21FN4O/c1-15(2)26(14-16-7-4-3-5-8-16)21-23-12-11-19(25-21)20(27)24-18-10-6-9-17(22)13-18/h3-13,15H,14H2,1-2H3,(H,24,27). The number of hydrogen-bond donors (Lipinski definition) is 1. The first-order chi connectivity index (χ1) is 13.0. The Bertz CT molecular complexity index is 915. The van der Waals surface area contributed by atoms with Gasteiger partial charge >= 0.3 is 0 Å². The van der Waals surface area contributed by atoms with E-state index in [0.29, 0.717) is 18.2 Å². The van der Waals surface area contributed by atoms with Gasteiger partial charge in [-0.2, -0.15) is 0 Å². The van der Waals surface area contributed by atoms with Crippen LogP contribution in [0.25, 0.3) is 0 Å². The first kappa shape index (κ1) is 18.5. The molecule has 1 amide bonds. The van der Waals surface area contributed by atoms with E-state index in [1.54, 1.807) is 18.3 Å². The van der Waals surface area contributed by atoms with Crippen LogP contribution in [0.3, 0.4) is 0 Å². The maximum atomic E-state index is 13.3. The number of carbonyl (C=O) groups excluding carboxylic acids is 1. The van der Waals surface area contributed by atoms with Crippen molar-refractivity contribution < 1.29 is 9.18 Å². The molecule has 0 atom stereocenters. The van der Waals surface area contributed by atoms with E-state index in [9.17, 15) is 9.18 Å². The molecule has 0 radical (unpaired) electrons. The van der Waals surface area contributed by atoms with Gasteiger partial charge in [-0.25, -0.2) is 14.4 Å². The van der Waals surface area contributed by atoms with Gasteiger partial charge in [0.2, 0.25) is 5.95 Å². The van der Waals surface area contributed by atoms with Gasteiger partial charge in [-0.15, -0.1) is 0 Å². The van der Waals surface area contributed by atoms with Crippen molar-refractivity contribution in [3.05, 3.63) is 83.9 Å². The van der Waals surface area contributed by atoms with Crippen LogP contribution in [0.5, 0.6) is 0 Å². The first-order valence-electron chi connectivity index (χ1n) is 8.73. The largest absolute Gasteiger partial charge is 0.334 e. The van der Waals surface area contributed by atoms with Crippen LogP contribution in [0.4, 0.5) is 16.0 Å². The van der Waals surface area contributed by atoms with Crippen molar-refractivity contribution in [2.24, 2.45) is 0 Å². The van der Waals surface area contributed by atoms with Crippen molar-refractivity contribution >= 4 is 17.5 Å². The predicted molar refractivity (Wildman–Crippen MR) is 104 cm³/mol. The molecule has 2 aromatic carbocycles. The van der Waals surface area contributed by atoms with E-state index in [2.05, 4.69) is 15.3 Å². The Morgan fingerprint density at radius 1 is 1.11 bits per heavy atom. The van der Waals surface area contributed by atoms with E-state index < -0.39 is 11.7 Å². The van der Waals surface area contributed by atoms with Crippen molar-refractivity contribution in [1.82, 2.24) is 9.97 Å². The average molecular weight is 364 g/mol. The highest BCUT2D eigenvalue weighted by Crippen LogP contribution is 2.17. The Morgan fingerprint density at radius 3 is 2.59 bits per heavy atom. The lowest BCUT2D eigenvalue weighted by Gasteiger charge is -2.27. The topological polar surface area (TPSA) is 58.1 Å². The van der Waals surface area contributed by atoms with Gasteiger partial charge in [-0.1, -0.05) is 36.4 Å². The lowest BCUT2D eigenvalue weighted by Crippen LogP contribution is -2.32. The van der Waals surface area contributed by atoms with Gasteiger partial charge in [0.25, 0.3) is 5.91 Å². The molecule has 138 valence electrons. The molecule has 0 fully saturated rings.